The molecule has 0 radical (unpaired) electrons. The van der Waals surface area contributed by atoms with E-state index in [-0.39, 0.29) is 29.8 Å². The molecule has 0 aromatic heterocycles. The highest BCUT2D eigenvalue weighted by molar-refractivity contribution is 5.80. The molecular weight excluding hydrogens is 244 g/mol. The first-order valence-electron chi connectivity index (χ1n) is 7.36. The van der Waals surface area contributed by atoms with Gasteiger partial charge in [0.05, 0.1) is 11.8 Å². The highest BCUT2D eigenvalue weighted by Gasteiger charge is 2.33. The van der Waals surface area contributed by atoms with Crippen LogP contribution in [0.4, 0.5) is 0 Å². The predicted octanol–water partition coefficient (Wildman–Crippen LogP) is 1.26. The van der Waals surface area contributed by atoms with Gasteiger partial charge < -0.3 is 16.2 Å². The van der Waals surface area contributed by atoms with E-state index in [2.05, 4.69) is 5.32 Å². The van der Waals surface area contributed by atoms with Crippen molar-refractivity contribution in [1.29, 1.82) is 0 Å². The van der Waals surface area contributed by atoms with Crippen LogP contribution in [0, 0.1) is 11.8 Å². The molecule has 0 aliphatic heterocycles. The Balaban J connectivity index is 1.85. The average molecular weight is 268 g/mol. The second kappa shape index (κ2) is 6.37. The summed E-state index contributed by atoms with van der Waals surface area (Å²) in [5.41, 5.74) is 6.07. The van der Waals surface area contributed by atoms with Crippen LogP contribution in [0.15, 0.2) is 0 Å². The van der Waals surface area contributed by atoms with Crippen molar-refractivity contribution in [1.82, 2.24) is 5.32 Å². The second-order valence-electron chi connectivity index (χ2n) is 5.96. The lowest BCUT2D eigenvalue weighted by molar-refractivity contribution is -0.141. The monoisotopic (exact) mass is 268 g/mol. The van der Waals surface area contributed by atoms with Crippen LogP contribution in [0.1, 0.15) is 51.4 Å². The molecule has 0 saturated heterocycles. The summed E-state index contributed by atoms with van der Waals surface area (Å²) in [6.45, 7) is 0. The maximum absolute atomic E-state index is 12.3. The third-order valence-electron chi connectivity index (χ3n) is 4.53. The SMILES string of the molecule is NC1CCCCCC1C(=O)NC1CCC(C(=O)O)C1. The summed E-state index contributed by atoms with van der Waals surface area (Å²) >= 11 is 0. The Hall–Kier alpha value is -1.10. The zero-order valence-corrected chi connectivity index (χ0v) is 11.3. The van der Waals surface area contributed by atoms with Crippen LogP contribution in [0.3, 0.4) is 0 Å². The Kier molecular flexibility index (Phi) is 4.80. The first kappa shape index (κ1) is 14.3. The molecule has 5 heteroatoms. The summed E-state index contributed by atoms with van der Waals surface area (Å²) < 4.78 is 0. The van der Waals surface area contributed by atoms with Crippen LogP contribution in [0.5, 0.6) is 0 Å². The van der Waals surface area contributed by atoms with Gasteiger partial charge in [-0.3, -0.25) is 9.59 Å². The van der Waals surface area contributed by atoms with Gasteiger partial charge in [0.2, 0.25) is 5.91 Å². The van der Waals surface area contributed by atoms with Gasteiger partial charge in [-0.05, 0) is 32.1 Å². The number of nitrogens with two attached hydrogens (primary N) is 1. The summed E-state index contributed by atoms with van der Waals surface area (Å²) in [6, 6.07) is -0.0248. The van der Waals surface area contributed by atoms with Gasteiger partial charge in [-0.2, -0.15) is 0 Å². The van der Waals surface area contributed by atoms with Gasteiger partial charge in [-0.15, -0.1) is 0 Å². The molecule has 5 nitrogen and oxygen atoms in total. The molecule has 4 N–H and O–H groups in total. The van der Waals surface area contributed by atoms with Crippen molar-refractivity contribution < 1.29 is 14.7 Å². The number of carbonyl (C=O) groups excluding carboxylic acids is 1. The fourth-order valence-corrected chi connectivity index (χ4v) is 3.31. The van der Waals surface area contributed by atoms with Crippen molar-refractivity contribution in [2.24, 2.45) is 17.6 Å². The molecule has 4 atom stereocenters. The van der Waals surface area contributed by atoms with Crippen molar-refractivity contribution in [3.63, 3.8) is 0 Å². The van der Waals surface area contributed by atoms with Gasteiger partial charge in [-0.1, -0.05) is 19.3 Å². The number of carboxylic acids is 1. The summed E-state index contributed by atoms with van der Waals surface area (Å²) in [4.78, 5) is 23.2. The highest BCUT2D eigenvalue weighted by Crippen LogP contribution is 2.27. The Labute approximate surface area is 113 Å². The number of rotatable bonds is 3. The van der Waals surface area contributed by atoms with Gasteiger partial charge in [0.15, 0.2) is 0 Å². The molecule has 19 heavy (non-hydrogen) atoms. The maximum atomic E-state index is 12.3. The van der Waals surface area contributed by atoms with Crippen molar-refractivity contribution in [3.05, 3.63) is 0 Å². The summed E-state index contributed by atoms with van der Waals surface area (Å²) in [5, 5.41) is 12.0. The van der Waals surface area contributed by atoms with E-state index in [0.29, 0.717) is 12.8 Å². The molecule has 0 aromatic rings. The minimum Gasteiger partial charge on any atom is -0.481 e. The molecule has 2 aliphatic carbocycles. The number of carbonyl (C=O) groups is 2. The summed E-state index contributed by atoms with van der Waals surface area (Å²) in [7, 11) is 0. The van der Waals surface area contributed by atoms with E-state index in [4.69, 9.17) is 10.8 Å². The fraction of sp³-hybridized carbons (Fsp3) is 0.857. The standard InChI is InChI=1S/C14H24N2O3/c15-12-5-3-1-2-4-11(12)13(17)16-10-7-6-9(8-10)14(18)19/h9-12H,1-8,15H2,(H,16,17)(H,18,19). The first-order valence-corrected chi connectivity index (χ1v) is 7.36. The Bertz CT molecular complexity index is 346. The summed E-state index contributed by atoms with van der Waals surface area (Å²) in [6.07, 6.45) is 7.10. The smallest absolute Gasteiger partial charge is 0.306 e. The van der Waals surface area contributed by atoms with Crippen LogP contribution in [-0.4, -0.2) is 29.1 Å². The minimum atomic E-state index is -0.747. The van der Waals surface area contributed by atoms with E-state index in [1.165, 1.54) is 0 Å². The zero-order valence-electron chi connectivity index (χ0n) is 11.3. The molecule has 108 valence electrons. The summed E-state index contributed by atoms with van der Waals surface area (Å²) in [5.74, 6) is -1.10. The lowest BCUT2D eigenvalue weighted by Crippen LogP contribution is -2.44. The van der Waals surface area contributed by atoms with Gasteiger partial charge in [0.1, 0.15) is 0 Å². The minimum absolute atomic E-state index is 0.0176. The van der Waals surface area contributed by atoms with Crippen molar-refractivity contribution in [3.8, 4) is 0 Å². The number of hydrogen-bond donors (Lipinski definition) is 3. The Morgan fingerprint density at radius 2 is 1.79 bits per heavy atom. The molecule has 2 saturated carbocycles. The second-order valence-corrected chi connectivity index (χ2v) is 5.96. The van der Waals surface area contributed by atoms with Gasteiger partial charge >= 0.3 is 5.97 Å². The van der Waals surface area contributed by atoms with E-state index in [1.807, 2.05) is 0 Å². The van der Waals surface area contributed by atoms with E-state index in [9.17, 15) is 9.59 Å². The number of aliphatic carboxylic acids is 1. The van der Waals surface area contributed by atoms with E-state index in [0.717, 1.165) is 38.5 Å². The molecule has 2 fully saturated rings. The number of amides is 1. The quantitative estimate of drug-likeness (QED) is 0.672. The van der Waals surface area contributed by atoms with Crippen LogP contribution < -0.4 is 11.1 Å². The predicted molar refractivity (Wildman–Crippen MR) is 71.5 cm³/mol. The Morgan fingerprint density at radius 3 is 2.47 bits per heavy atom. The molecule has 0 bridgehead atoms. The van der Waals surface area contributed by atoms with E-state index in [1.54, 1.807) is 0 Å². The number of carboxylic acid groups (broad SMARTS) is 1. The highest BCUT2D eigenvalue weighted by atomic mass is 16.4. The number of nitrogens with one attached hydrogen (secondary N) is 1. The average Bonchev–Trinajstić information content (AvgIpc) is 2.71. The molecule has 0 heterocycles. The molecule has 0 aromatic carbocycles. The van der Waals surface area contributed by atoms with Crippen LogP contribution >= 0.6 is 0 Å². The topological polar surface area (TPSA) is 92.4 Å². The molecule has 4 unspecified atom stereocenters. The van der Waals surface area contributed by atoms with Crippen molar-refractivity contribution >= 4 is 11.9 Å². The normalized spacial score (nSPS) is 35.6. The Morgan fingerprint density at radius 1 is 1.05 bits per heavy atom. The van der Waals surface area contributed by atoms with Crippen molar-refractivity contribution in [2.45, 2.75) is 63.5 Å². The first-order chi connectivity index (χ1) is 9.08. The van der Waals surface area contributed by atoms with E-state index >= 15 is 0 Å². The van der Waals surface area contributed by atoms with Crippen LogP contribution in [0.2, 0.25) is 0 Å². The molecule has 0 spiro atoms. The largest absolute Gasteiger partial charge is 0.481 e. The van der Waals surface area contributed by atoms with Gasteiger partial charge in [0.25, 0.3) is 0 Å². The van der Waals surface area contributed by atoms with Crippen LogP contribution in [-0.2, 0) is 9.59 Å². The maximum Gasteiger partial charge on any atom is 0.306 e. The third kappa shape index (κ3) is 3.69. The lowest BCUT2D eigenvalue weighted by Gasteiger charge is -2.23. The molecular formula is C14H24N2O3. The molecule has 1 amide bonds. The lowest BCUT2D eigenvalue weighted by atomic mass is 9.94. The third-order valence-corrected chi connectivity index (χ3v) is 4.53. The van der Waals surface area contributed by atoms with Crippen molar-refractivity contribution in [2.75, 3.05) is 0 Å². The zero-order chi connectivity index (χ0) is 13.8. The molecule has 2 aliphatic rings. The van der Waals surface area contributed by atoms with Gasteiger partial charge in [-0.25, -0.2) is 0 Å². The fourth-order valence-electron chi connectivity index (χ4n) is 3.31. The number of hydrogen-bond acceptors (Lipinski definition) is 3. The van der Waals surface area contributed by atoms with Crippen LogP contribution in [0.25, 0.3) is 0 Å². The van der Waals surface area contributed by atoms with E-state index < -0.39 is 5.97 Å². The van der Waals surface area contributed by atoms with Gasteiger partial charge in [0, 0.05) is 12.1 Å². The molecule has 2 rings (SSSR count).